The summed E-state index contributed by atoms with van der Waals surface area (Å²) in [5, 5.41) is 2.54. The smallest absolute Gasteiger partial charge is 0.256 e. The number of rotatable bonds is 2. The largest absolute Gasteiger partial charge is 0.396 e. The van der Waals surface area contributed by atoms with Gasteiger partial charge in [0.05, 0.1) is 5.69 Å². The Morgan fingerprint density at radius 3 is 2.83 bits per heavy atom. The van der Waals surface area contributed by atoms with Gasteiger partial charge in [0.2, 0.25) is 0 Å². The van der Waals surface area contributed by atoms with E-state index >= 15 is 0 Å². The Morgan fingerprint density at radius 1 is 1.39 bits per heavy atom. The number of nitrogen functional groups attached to an aromatic ring is 1. The fourth-order valence-corrected chi connectivity index (χ4v) is 1.57. The quantitative estimate of drug-likeness (QED) is 0.853. The number of nitrogens with two attached hydrogens (primary N) is 1. The molecule has 1 amide bonds. The van der Waals surface area contributed by atoms with Crippen LogP contribution in [-0.2, 0) is 0 Å². The first-order chi connectivity index (χ1) is 8.56. The zero-order valence-corrected chi connectivity index (χ0v) is 9.77. The van der Waals surface area contributed by atoms with Crippen LogP contribution in [0.4, 0.5) is 15.9 Å². The highest BCUT2D eigenvalue weighted by Gasteiger charge is 2.10. The number of pyridine rings is 1. The first-order valence-corrected chi connectivity index (χ1v) is 5.35. The summed E-state index contributed by atoms with van der Waals surface area (Å²) in [6, 6.07) is 7.40. The standard InChI is InChI=1S/C13H12FN3O/c1-8-5-9(7-10(14)6-8)13(18)17-12-11(15)3-2-4-16-12/h2-7H,15H2,1H3,(H,16,17,18). The number of aryl methyl sites for hydroxylation is 1. The number of anilines is 2. The zero-order chi connectivity index (χ0) is 13.1. The fraction of sp³-hybridized carbons (Fsp3) is 0.0769. The van der Waals surface area contributed by atoms with Gasteiger partial charge in [-0.2, -0.15) is 0 Å². The molecule has 0 aliphatic rings. The first kappa shape index (κ1) is 12.0. The number of hydrogen-bond donors (Lipinski definition) is 2. The number of hydrogen-bond acceptors (Lipinski definition) is 3. The van der Waals surface area contributed by atoms with Crippen LogP contribution in [0, 0.1) is 12.7 Å². The average molecular weight is 245 g/mol. The topological polar surface area (TPSA) is 68.0 Å². The number of aromatic nitrogens is 1. The van der Waals surface area contributed by atoms with Gasteiger partial charge in [0.25, 0.3) is 5.91 Å². The lowest BCUT2D eigenvalue weighted by Crippen LogP contribution is -2.14. The normalized spacial score (nSPS) is 10.1. The molecule has 0 atom stereocenters. The summed E-state index contributed by atoms with van der Waals surface area (Å²) in [6.07, 6.45) is 1.52. The molecule has 1 aromatic heterocycles. The Kier molecular flexibility index (Phi) is 3.23. The van der Waals surface area contributed by atoms with E-state index in [1.807, 2.05) is 0 Å². The molecule has 0 bridgehead atoms. The van der Waals surface area contributed by atoms with Crippen molar-refractivity contribution in [2.75, 3.05) is 11.1 Å². The molecule has 0 spiro atoms. The van der Waals surface area contributed by atoms with Crippen molar-refractivity contribution in [2.45, 2.75) is 6.92 Å². The number of nitrogens with one attached hydrogen (secondary N) is 1. The van der Waals surface area contributed by atoms with Gasteiger partial charge in [-0.25, -0.2) is 9.37 Å². The van der Waals surface area contributed by atoms with Crippen molar-refractivity contribution in [2.24, 2.45) is 0 Å². The van der Waals surface area contributed by atoms with Gasteiger partial charge in [0, 0.05) is 11.8 Å². The van der Waals surface area contributed by atoms with Gasteiger partial charge in [0.15, 0.2) is 5.82 Å². The molecule has 0 aliphatic heterocycles. The molecule has 4 nitrogen and oxygen atoms in total. The van der Waals surface area contributed by atoms with E-state index < -0.39 is 11.7 Å². The molecule has 1 aromatic carbocycles. The maximum atomic E-state index is 13.2. The number of carbonyl (C=O) groups excluding carboxylic acids is 1. The third kappa shape index (κ3) is 2.63. The van der Waals surface area contributed by atoms with Crippen LogP contribution in [0.3, 0.4) is 0 Å². The molecule has 0 saturated heterocycles. The van der Waals surface area contributed by atoms with E-state index in [0.717, 1.165) is 0 Å². The molecule has 0 saturated carbocycles. The van der Waals surface area contributed by atoms with E-state index in [4.69, 9.17) is 5.73 Å². The molecule has 2 aromatic rings. The van der Waals surface area contributed by atoms with Gasteiger partial charge in [0.1, 0.15) is 5.82 Å². The molecule has 0 fully saturated rings. The third-order valence-electron chi connectivity index (χ3n) is 2.38. The highest BCUT2D eigenvalue weighted by molar-refractivity contribution is 6.05. The fourth-order valence-electron chi connectivity index (χ4n) is 1.57. The van der Waals surface area contributed by atoms with Gasteiger partial charge in [-0.05, 0) is 42.8 Å². The second-order valence-corrected chi connectivity index (χ2v) is 3.91. The summed E-state index contributed by atoms with van der Waals surface area (Å²) >= 11 is 0. The van der Waals surface area contributed by atoms with Crippen molar-refractivity contribution >= 4 is 17.4 Å². The summed E-state index contributed by atoms with van der Waals surface area (Å²) in [5.74, 6) is -0.624. The number of amides is 1. The van der Waals surface area contributed by atoms with Crippen LogP contribution >= 0.6 is 0 Å². The number of carbonyl (C=O) groups is 1. The van der Waals surface area contributed by atoms with Gasteiger partial charge >= 0.3 is 0 Å². The summed E-state index contributed by atoms with van der Waals surface area (Å²) in [5.41, 5.74) is 6.92. The Hall–Kier alpha value is -2.43. The Labute approximate surface area is 104 Å². The maximum absolute atomic E-state index is 13.2. The van der Waals surface area contributed by atoms with Gasteiger partial charge in [-0.3, -0.25) is 4.79 Å². The summed E-state index contributed by atoms with van der Waals surface area (Å²) in [6.45, 7) is 1.72. The van der Waals surface area contributed by atoms with E-state index in [9.17, 15) is 9.18 Å². The molecular weight excluding hydrogens is 233 g/mol. The van der Waals surface area contributed by atoms with Crippen LogP contribution in [0.15, 0.2) is 36.5 Å². The van der Waals surface area contributed by atoms with E-state index in [2.05, 4.69) is 10.3 Å². The molecule has 1 heterocycles. The Balaban J connectivity index is 2.25. The van der Waals surface area contributed by atoms with Crippen molar-refractivity contribution in [3.63, 3.8) is 0 Å². The van der Waals surface area contributed by atoms with Crippen LogP contribution in [0.25, 0.3) is 0 Å². The lowest BCUT2D eigenvalue weighted by Gasteiger charge is -2.07. The van der Waals surface area contributed by atoms with E-state index in [1.54, 1.807) is 25.1 Å². The van der Waals surface area contributed by atoms with Gasteiger partial charge < -0.3 is 11.1 Å². The second-order valence-electron chi connectivity index (χ2n) is 3.91. The van der Waals surface area contributed by atoms with E-state index in [-0.39, 0.29) is 11.4 Å². The molecule has 0 aliphatic carbocycles. The second kappa shape index (κ2) is 4.83. The van der Waals surface area contributed by atoms with E-state index in [0.29, 0.717) is 11.3 Å². The molecule has 5 heteroatoms. The third-order valence-corrected chi connectivity index (χ3v) is 2.38. The predicted octanol–water partition coefficient (Wildman–Crippen LogP) is 2.36. The van der Waals surface area contributed by atoms with Crippen molar-refractivity contribution in [1.29, 1.82) is 0 Å². The van der Waals surface area contributed by atoms with Gasteiger partial charge in [-0.1, -0.05) is 0 Å². The summed E-state index contributed by atoms with van der Waals surface area (Å²) in [7, 11) is 0. The SMILES string of the molecule is Cc1cc(F)cc(C(=O)Nc2ncccc2N)c1. The number of benzene rings is 1. The van der Waals surface area contributed by atoms with Crippen molar-refractivity contribution in [3.8, 4) is 0 Å². The van der Waals surface area contributed by atoms with Crippen LogP contribution in [-0.4, -0.2) is 10.9 Å². The van der Waals surface area contributed by atoms with Crippen molar-refractivity contribution < 1.29 is 9.18 Å². The molecule has 18 heavy (non-hydrogen) atoms. The lowest BCUT2D eigenvalue weighted by molar-refractivity contribution is 0.102. The minimum atomic E-state index is -0.450. The molecule has 92 valence electrons. The number of halogens is 1. The minimum Gasteiger partial charge on any atom is -0.396 e. The van der Waals surface area contributed by atoms with Crippen LogP contribution < -0.4 is 11.1 Å². The Morgan fingerprint density at radius 2 is 2.17 bits per heavy atom. The minimum absolute atomic E-state index is 0.234. The summed E-state index contributed by atoms with van der Waals surface area (Å²) in [4.78, 5) is 15.8. The molecule has 0 unspecified atom stereocenters. The first-order valence-electron chi connectivity index (χ1n) is 5.35. The molecule has 3 N–H and O–H groups in total. The monoisotopic (exact) mass is 245 g/mol. The number of nitrogens with zero attached hydrogens (tertiary/aromatic N) is 1. The van der Waals surface area contributed by atoms with Crippen LogP contribution in [0.1, 0.15) is 15.9 Å². The average Bonchev–Trinajstić information content (AvgIpc) is 2.31. The van der Waals surface area contributed by atoms with Crippen LogP contribution in [0.5, 0.6) is 0 Å². The lowest BCUT2D eigenvalue weighted by atomic mass is 10.1. The van der Waals surface area contributed by atoms with E-state index in [1.165, 1.54) is 18.3 Å². The van der Waals surface area contributed by atoms with Gasteiger partial charge in [-0.15, -0.1) is 0 Å². The highest BCUT2D eigenvalue weighted by atomic mass is 19.1. The molecule has 0 radical (unpaired) electrons. The molecule has 2 rings (SSSR count). The summed E-state index contributed by atoms with van der Waals surface area (Å²) < 4.78 is 13.2. The highest BCUT2D eigenvalue weighted by Crippen LogP contribution is 2.15. The van der Waals surface area contributed by atoms with Crippen LogP contribution in [0.2, 0.25) is 0 Å². The zero-order valence-electron chi connectivity index (χ0n) is 9.77. The Bertz CT molecular complexity index is 578. The predicted molar refractivity (Wildman–Crippen MR) is 67.7 cm³/mol. The van der Waals surface area contributed by atoms with Crippen molar-refractivity contribution in [3.05, 3.63) is 53.5 Å². The molecular formula is C13H12FN3O. The maximum Gasteiger partial charge on any atom is 0.256 e. The van der Waals surface area contributed by atoms with Crippen molar-refractivity contribution in [1.82, 2.24) is 4.98 Å².